The normalized spacial score (nSPS) is 11.0. The van der Waals surface area contributed by atoms with Gasteiger partial charge in [-0.25, -0.2) is 9.78 Å². The molecule has 0 bridgehead atoms. The maximum atomic E-state index is 10.5. The van der Waals surface area contributed by atoms with E-state index in [1.807, 2.05) is 42.5 Å². The summed E-state index contributed by atoms with van der Waals surface area (Å²) in [6.45, 7) is 1.67. The van der Waals surface area contributed by atoms with Gasteiger partial charge in [0, 0.05) is 0 Å². The lowest BCUT2D eigenvalue weighted by Gasteiger charge is -2.06. The minimum Gasteiger partial charge on any atom is -0.465 e. The molecule has 6 nitrogen and oxygen atoms in total. The molecule has 0 fully saturated rings. The Morgan fingerprint density at radius 3 is 2.37 bits per heavy atom. The fourth-order valence-electron chi connectivity index (χ4n) is 2.06. The molecule has 1 amide bonds. The van der Waals surface area contributed by atoms with Crippen molar-refractivity contribution in [2.75, 3.05) is 0 Å². The van der Waals surface area contributed by atoms with Gasteiger partial charge in [0.05, 0.1) is 12.2 Å². The van der Waals surface area contributed by atoms with Crippen molar-refractivity contribution in [2.24, 2.45) is 0 Å². The largest absolute Gasteiger partial charge is 0.465 e. The lowest BCUT2D eigenvalue weighted by atomic mass is 10.3. The third-order valence-corrected chi connectivity index (χ3v) is 4.03. The van der Waals surface area contributed by atoms with Crippen molar-refractivity contribution in [1.29, 1.82) is 0 Å². The summed E-state index contributed by atoms with van der Waals surface area (Å²) < 4.78 is 11.4. The highest BCUT2D eigenvalue weighted by Crippen LogP contribution is 2.28. The number of para-hydroxylation sites is 1. The molecular weight excluding hydrogens is 364 g/mol. The van der Waals surface area contributed by atoms with Crippen molar-refractivity contribution in [2.45, 2.75) is 13.0 Å². The van der Waals surface area contributed by atoms with Crippen molar-refractivity contribution in [3.63, 3.8) is 0 Å². The van der Waals surface area contributed by atoms with E-state index in [4.69, 9.17) is 14.6 Å². The molecule has 136 valence electrons. The predicted octanol–water partition coefficient (Wildman–Crippen LogP) is 4.74. The summed E-state index contributed by atoms with van der Waals surface area (Å²) in [5, 5.41) is 11.4. The van der Waals surface area contributed by atoms with Crippen LogP contribution in [0.4, 0.5) is 4.79 Å². The molecule has 2 N–H and O–H groups in total. The highest BCUT2D eigenvalue weighted by molar-refractivity contribution is 7.13. The van der Waals surface area contributed by atoms with Gasteiger partial charge in [-0.2, -0.15) is 0 Å². The molecule has 0 spiro atoms. The van der Waals surface area contributed by atoms with Gasteiger partial charge >= 0.3 is 6.09 Å². The van der Waals surface area contributed by atoms with E-state index in [-0.39, 0.29) is 0 Å². The molecule has 0 saturated carbocycles. The molecule has 27 heavy (non-hydrogen) atoms. The standard InChI is InChI=1S/C20H16N2O4S/c1-14(22-19(23)24)7-12-18-13-21-20(27-18)26-17-10-8-16(9-11-17)25-15-5-3-2-4-6-15/h2-6,8-11,13-14,22H,1H3,(H,23,24). The van der Waals surface area contributed by atoms with Crippen LogP contribution >= 0.6 is 11.3 Å². The maximum absolute atomic E-state index is 10.5. The van der Waals surface area contributed by atoms with Gasteiger partial charge in [0.15, 0.2) is 0 Å². The zero-order chi connectivity index (χ0) is 19.1. The number of ether oxygens (including phenoxy) is 2. The molecule has 3 aromatic rings. The van der Waals surface area contributed by atoms with Gasteiger partial charge in [0.25, 0.3) is 5.19 Å². The highest BCUT2D eigenvalue weighted by atomic mass is 32.1. The lowest BCUT2D eigenvalue weighted by molar-refractivity contribution is 0.193. The van der Waals surface area contributed by atoms with Crippen LogP contribution in [0.1, 0.15) is 11.8 Å². The number of thiazole rings is 1. The van der Waals surface area contributed by atoms with Crippen molar-refractivity contribution < 1.29 is 19.4 Å². The summed E-state index contributed by atoms with van der Waals surface area (Å²) in [6.07, 6.45) is 0.484. The Labute approximate surface area is 160 Å². The maximum Gasteiger partial charge on any atom is 0.405 e. The van der Waals surface area contributed by atoms with Gasteiger partial charge < -0.3 is 19.9 Å². The summed E-state index contributed by atoms with van der Waals surface area (Å²) in [5.41, 5.74) is 0. The second-order valence-corrected chi connectivity index (χ2v) is 6.41. The smallest absolute Gasteiger partial charge is 0.405 e. The van der Waals surface area contributed by atoms with E-state index in [0.29, 0.717) is 21.6 Å². The number of hydrogen-bond acceptors (Lipinski definition) is 5. The number of nitrogens with one attached hydrogen (secondary N) is 1. The summed E-state index contributed by atoms with van der Waals surface area (Å²) in [4.78, 5) is 15.4. The van der Waals surface area contributed by atoms with E-state index in [2.05, 4.69) is 22.1 Å². The molecule has 1 heterocycles. The average Bonchev–Trinajstić information content (AvgIpc) is 3.09. The number of carboxylic acid groups (broad SMARTS) is 1. The third-order valence-electron chi connectivity index (χ3n) is 3.24. The molecule has 0 aliphatic carbocycles. The second-order valence-electron chi connectivity index (χ2n) is 5.42. The first-order chi connectivity index (χ1) is 13.1. The SMILES string of the molecule is CC(C#Cc1cnc(Oc2ccc(Oc3ccccc3)cc2)s1)NC(=O)O. The summed E-state index contributed by atoms with van der Waals surface area (Å²) in [5.74, 6) is 7.77. The molecular formula is C20H16N2O4S. The fourth-order valence-corrected chi connectivity index (χ4v) is 2.71. The Kier molecular flexibility index (Phi) is 5.92. The van der Waals surface area contributed by atoms with E-state index in [0.717, 1.165) is 5.75 Å². The number of rotatable bonds is 5. The molecule has 7 heteroatoms. The van der Waals surface area contributed by atoms with Crippen molar-refractivity contribution in [3.8, 4) is 34.3 Å². The molecule has 1 atom stereocenters. The van der Waals surface area contributed by atoms with Gasteiger partial charge in [-0.05, 0) is 43.3 Å². The number of aromatic nitrogens is 1. The number of carbonyl (C=O) groups is 1. The Morgan fingerprint density at radius 2 is 1.70 bits per heavy atom. The topological polar surface area (TPSA) is 80.7 Å². The van der Waals surface area contributed by atoms with E-state index >= 15 is 0 Å². The summed E-state index contributed by atoms with van der Waals surface area (Å²) in [7, 11) is 0. The average molecular weight is 380 g/mol. The van der Waals surface area contributed by atoms with E-state index in [1.165, 1.54) is 11.3 Å². The van der Waals surface area contributed by atoms with Gasteiger partial charge in [0.2, 0.25) is 0 Å². The molecule has 1 unspecified atom stereocenters. The van der Waals surface area contributed by atoms with Crippen molar-refractivity contribution in [1.82, 2.24) is 10.3 Å². The van der Waals surface area contributed by atoms with Crippen LogP contribution in [0.5, 0.6) is 22.4 Å². The van der Waals surface area contributed by atoms with Crippen LogP contribution in [-0.2, 0) is 0 Å². The van der Waals surface area contributed by atoms with Crippen LogP contribution in [-0.4, -0.2) is 22.2 Å². The molecule has 1 aromatic heterocycles. The Hall–Kier alpha value is -3.50. The number of nitrogens with zero attached hydrogens (tertiary/aromatic N) is 1. The molecule has 3 rings (SSSR count). The Bertz CT molecular complexity index is 959. The van der Waals surface area contributed by atoms with Crippen LogP contribution in [0.2, 0.25) is 0 Å². The summed E-state index contributed by atoms with van der Waals surface area (Å²) >= 11 is 1.28. The molecule has 2 aromatic carbocycles. The van der Waals surface area contributed by atoms with Crippen molar-refractivity contribution >= 4 is 17.4 Å². The van der Waals surface area contributed by atoms with E-state index < -0.39 is 12.1 Å². The zero-order valence-electron chi connectivity index (χ0n) is 14.4. The zero-order valence-corrected chi connectivity index (χ0v) is 15.2. The molecule has 0 aliphatic rings. The minimum atomic E-state index is -1.11. The Morgan fingerprint density at radius 1 is 1.07 bits per heavy atom. The Balaban J connectivity index is 1.59. The number of amides is 1. The minimum absolute atomic E-state index is 0.454. The molecule has 0 saturated heterocycles. The second kappa shape index (κ2) is 8.74. The van der Waals surface area contributed by atoms with E-state index in [9.17, 15) is 4.79 Å². The molecule has 0 radical (unpaired) electrons. The van der Waals surface area contributed by atoms with Gasteiger partial charge in [-0.1, -0.05) is 41.4 Å². The molecule has 0 aliphatic heterocycles. The summed E-state index contributed by atoms with van der Waals surface area (Å²) in [6, 6.07) is 16.3. The van der Waals surface area contributed by atoms with Crippen LogP contribution in [0, 0.1) is 11.8 Å². The first-order valence-corrected chi connectivity index (χ1v) is 8.88. The van der Waals surface area contributed by atoms with Gasteiger partial charge in [0.1, 0.15) is 22.1 Å². The monoisotopic (exact) mass is 380 g/mol. The first-order valence-electron chi connectivity index (χ1n) is 8.06. The highest BCUT2D eigenvalue weighted by Gasteiger charge is 2.05. The van der Waals surface area contributed by atoms with Crippen LogP contribution < -0.4 is 14.8 Å². The fraction of sp³-hybridized carbons (Fsp3) is 0.100. The van der Waals surface area contributed by atoms with Gasteiger partial charge in [-0.15, -0.1) is 0 Å². The van der Waals surface area contributed by atoms with Gasteiger partial charge in [-0.3, -0.25) is 0 Å². The van der Waals surface area contributed by atoms with Crippen molar-refractivity contribution in [3.05, 3.63) is 65.7 Å². The number of benzene rings is 2. The third kappa shape index (κ3) is 5.76. The first kappa shape index (κ1) is 18.3. The lowest BCUT2D eigenvalue weighted by Crippen LogP contribution is -2.29. The van der Waals surface area contributed by atoms with Crippen LogP contribution in [0.25, 0.3) is 0 Å². The van der Waals surface area contributed by atoms with E-state index in [1.54, 1.807) is 25.3 Å². The van der Waals surface area contributed by atoms with Crippen LogP contribution in [0.3, 0.4) is 0 Å². The predicted molar refractivity (Wildman–Crippen MR) is 103 cm³/mol. The quantitative estimate of drug-likeness (QED) is 0.625. The van der Waals surface area contributed by atoms with Crippen LogP contribution in [0.15, 0.2) is 60.8 Å². The number of hydrogen-bond donors (Lipinski definition) is 2.